The van der Waals surface area contributed by atoms with Crippen LogP contribution in [0, 0.1) is 0 Å². The van der Waals surface area contributed by atoms with Gasteiger partial charge in [0.15, 0.2) is 4.34 Å². The molecule has 0 bridgehead atoms. The van der Waals surface area contributed by atoms with Crippen LogP contribution in [0.4, 0.5) is 0 Å². The molecule has 0 aromatic carbocycles. The van der Waals surface area contributed by atoms with Gasteiger partial charge in [0.2, 0.25) is 0 Å². The first-order valence-electron chi connectivity index (χ1n) is 5.34. The Kier molecular flexibility index (Phi) is 4.09. The molecule has 2 aromatic heterocycles. The molecule has 0 saturated carbocycles. The Morgan fingerprint density at radius 1 is 1.53 bits per heavy atom. The van der Waals surface area contributed by atoms with Gasteiger partial charge in [0.1, 0.15) is 10.9 Å². The zero-order chi connectivity index (χ0) is 12.3. The third-order valence-electron chi connectivity index (χ3n) is 2.20. The lowest BCUT2D eigenvalue weighted by molar-refractivity contribution is 0.195. The van der Waals surface area contributed by atoms with Gasteiger partial charge in [-0.2, -0.15) is 4.37 Å². The van der Waals surface area contributed by atoms with Crippen LogP contribution in [0.25, 0.3) is 0 Å². The predicted molar refractivity (Wildman–Crippen MR) is 68.3 cm³/mol. The smallest absolute Gasteiger partial charge is 0.176 e. The summed E-state index contributed by atoms with van der Waals surface area (Å²) >= 11 is 2.82. The van der Waals surface area contributed by atoms with E-state index in [-0.39, 0.29) is 0 Å². The van der Waals surface area contributed by atoms with E-state index in [2.05, 4.69) is 14.3 Å². The van der Waals surface area contributed by atoms with Crippen molar-refractivity contribution in [2.75, 3.05) is 0 Å². The van der Waals surface area contributed by atoms with Crippen molar-refractivity contribution in [3.05, 3.63) is 29.7 Å². The summed E-state index contributed by atoms with van der Waals surface area (Å²) in [5, 5.41) is 10.4. The molecule has 0 fully saturated rings. The van der Waals surface area contributed by atoms with E-state index in [9.17, 15) is 5.11 Å². The van der Waals surface area contributed by atoms with Crippen LogP contribution >= 0.6 is 23.3 Å². The van der Waals surface area contributed by atoms with Crippen LogP contribution in [-0.4, -0.2) is 19.4 Å². The Morgan fingerprint density at radius 3 is 3.00 bits per heavy atom. The van der Waals surface area contributed by atoms with Crippen molar-refractivity contribution in [1.82, 2.24) is 14.3 Å². The van der Waals surface area contributed by atoms with Crippen LogP contribution in [0.3, 0.4) is 0 Å². The molecule has 0 radical (unpaired) electrons. The number of rotatable bonds is 4. The van der Waals surface area contributed by atoms with Gasteiger partial charge in [0, 0.05) is 18.2 Å². The molecule has 17 heavy (non-hydrogen) atoms. The average Bonchev–Trinajstić information content (AvgIpc) is 2.77. The van der Waals surface area contributed by atoms with Gasteiger partial charge in [-0.1, -0.05) is 13.0 Å². The predicted octanol–water partition coefficient (Wildman–Crippen LogP) is 2.70. The fourth-order valence-electron chi connectivity index (χ4n) is 1.31. The number of nitrogens with zero attached hydrogens (tertiary/aromatic N) is 3. The summed E-state index contributed by atoms with van der Waals surface area (Å²) in [4.78, 5) is 8.65. The van der Waals surface area contributed by atoms with Crippen LogP contribution in [0.2, 0.25) is 0 Å². The van der Waals surface area contributed by atoms with Crippen molar-refractivity contribution in [1.29, 1.82) is 0 Å². The molecule has 0 aliphatic heterocycles. The van der Waals surface area contributed by atoms with E-state index in [0.29, 0.717) is 0 Å². The zero-order valence-electron chi connectivity index (χ0n) is 9.62. The molecule has 0 unspecified atom stereocenters. The maximum absolute atomic E-state index is 9.65. The van der Waals surface area contributed by atoms with Gasteiger partial charge in [-0.15, -0.1) is 0 Å². The third-order valence-corrected chi connectivity index (χ3v) is 4.02. The third kappa shape index (κ3) is 3.02. The van der Waals surface area contributed by atoms with Crippen LogP contribution in [-0.2, 0) is 6.42 Å². The van der Waals surface area contributed by atoms with E-state index in [1.807, 2.05) is 19.1 Å². The molecule has 0 aliphatic carbocycles. The molecule has 2 aromatic rings. The molecule has 0 spiro atoms. The first kappa shape index (κ1) is 12.5. The summed E-state index contributed by atoms with van der Waals surface area (Å²) in [6.45, 7) is 3.76. The van der Waals surface area contributed by atoms with Crippen molar-refractivity contribution in [3.63, 3.8) is 0 Å². The Hall–Kier alpha value is -0.980. The fourth-order valence-corrected chi connectivity index (χ4v) is 3.10. The first-order valence-corrected chi connectivity index (χ1v) is 6.93. The summed E-state index contributed by atoms with van der Waals surface area (Å²) in [5.74, 6) is 0.854. The molecule has 0 saturated heterocycles. The normalized spacial score (nSPS) is 12.6. The summed E-state index contributed by atoms with van der Waals surface area (Å²) in [6.07, 6.45) is 2.03. The summed E-state index contributed by atoms with van der Waals surface area (Å²) < 4.78 is 5.09. The van der Waals surface area contributed by atoms with Crippen LogP contribution in [0.5, 0.6) is 0 Å². The quantitative estimate of drug-likeness (QED) is 0.923. The molecule has 2 rings (SSSR count). The fraction of sp³-hybridized carbons (Fsp3) is 0.364. The standard InChI is InChI=1S/C11H13N3OS2/c1-3-9-13-11(17-14-9)16-10-8(7(2)15)5-4-6-12-10/h4-7,15H,3H2,1-2H3/t7-/m0/s1. The SMILES string of the molecule is CCc1nsc(Sc2ncccc2[C@H](C)O)n1. The molecule has 0 aliphatic rings. The van der Waals surface area contributed by atoms with E-state index >= 15 is 0 Å². The van der Waals surface area contributed by atoms with Gasteiger partial charge in [-0.05, 0) is 36.3 Å². The van der Waals surface area contributed by atoms with E-state index in [1.165, 1.54) is 23.3 Å². The number of aliphatic hydroxyl groups is 1. The van der Waals surface area contributed by atoms with E-state index in [4.69, 9.17) is 0 Å². The number of pyridine rings is 1. The Labute approximate surface area is 108 Å². The largest absolute Gasteiger partial charge is 0.389 e. The molecular weight excluding hydrogens is 254 g/mol. The molecule has 1 atom stereocenters. The number of aromatic nitrogens is 3. The lowest BCUT2D eigenvalue weighted by atomic mass is 10.2. The van der Waals surface area contributed by atoms with Crippen molar-refractivity contribution in [2.45, 2.75) is 35.7 Å². The minimum atomic E-state index is -0.523. The molecule has 1 N–H and O–H groups in total. The minimum Gasteiger partial charge on any atom is -0.389 e. The first-order chi connectivity index (χ1) is 8.20. The summed E-state index contributed by atoms with van der Waals surface area (Å²) in [6, 6.07) is 3.70. The van der Waals surface area contributed by atoms with Gasteiger partial charge in [0.25, 0.3) is 0 Å². The molecule has 6 heteroatoms. The van der Waals surface area contributed by atoms with Crippen molar-refractivity contribution < 1.29 is 5.11 Å². The van der Waals surface area contributed by atoms with Gasteiger partial charge >= 0.3 is 0 Å². The van der Waals surface area contributed by atoms with Crippen LogP contribution < -0.4 is 0 Å². The summed E-state index contributed by atoms with van der Waals surface area (Å²) in [7, 11) is 0. The molecule has 90 valence electrons. The van der Waals surface area contributed by atoms with E-state index in [1.54, 1.807) is 13.1 Å². The number of aryl methyl sites for hydroxylation is 1. The van der Waals surface area contributed by atoms with Crippen molar-refractivity contribution in [3.8, 4) is 0 Å². The molecule has 0 amide bonds. The van der Waals surface area contributed by atoms with E-state index in [0.717, 1.165) is 27.2 Å². The maximum atomic E-state index is 9.65. The van der Waals surface area contributed by atoms with E-state index < -0.39 is 6.10 Å². The highest BCUT2D eigenvalue weighted by atomic mass is 32.2. The molecule has 4 nitrogen and oxygen atoms in total. The number of hydrogen-bond donors (Lipinski definition) is 1. The van der Waals surface area contributed by atoms with Gasteiger partial charge in [0.05, 0.1) is 6.10 Å². The van der Waals surface area contributed by atoms with Gasteiger partial charge in [-0.25, -0.2) is 9.97 Å². The summed E-state index contributed by atoms with van der Waals surface area (Å²) in [5.41, 5.74) is 0.825. The topological polar surface area (TPSA) is 58.9 Å². The van der Waals surface area contributed by atoms with Gasteiger partial charge < -0.3 is 5.11 Å². The second-order valence-corrected chi connectivity index (χ2v) is 5.49. The zero-order valence-corrected chi connectivity index (χ0v) is 11.3. The van der Waals surface area contributed by atoms with Crippen LogP contribution in [0.1, 0.15) is 31.3 Å². The Bertz CT molecular complexity index is 499. The molecular formula is C11H13N3OS2. The average molecular weight is 267 g/mol. The van der Waals surface area contributed by atoms with Gasteiger partial charge in [-0.3, -0.25) is 0 Å². The Morgan fingerprint density at radius 2 is 2.35 bits per heavy atom. The highest BCUT2D eigenvalue weighted by molar-refractivity contribution is 8.00. The number of aliphatic hydroxyl groups excluding tert-OH is 1. The maximum Gasteiger partial charge on any atom is 0.176 e. The van der Waals surface area contributed by atoms with Crippen molar-refractivity contribution in [2.24, 2.45) is 0 Å². The Balaban J connectivity index is 2.23. The minimum absolute atomic E-state index is 0.523. The van der Waals surface area contributed by atoms with Crippen LogP contribution in [0.15, 0.2) is 27.7 Å². The molecule has 2 heterocycles. The van der Waals surface area contributed by atoms with Crippen molar-refractivity contribution >= 4 is 23.3 Å². The second kappa shape index (κ2) is 5.57. The lowest BCUT2D eigenvalue weighted by Gasteiger charge is -2.08. The number of hydrogen-bond acceptors (Lipinski definition) is 6. The monoisotopic (exact) mass is 267 g/mol. The lowest BCUT2D eigenvalue weighted by Crippen LogP contribution is -1.95. The second-order valence-electron chi connectivity index (χ2n) is 3.51. The highest BCUT2D eigenvalue weighted by Crippen LogP contribution is 2.32. The highest BCUT2D eigenvalue weighted by Gasteiger charge is 2.12.